The number of aromatic nitrogens is 2. The summed E-state index contributed by atoms with van der Waals surface area (Å²) in [5.41, 5.74) is 1.03. The van der Waals surface area contributed by atoms with Gasteiger partial charge in [0.05, 0.1) is 19.4 Å². The molecule has 1 aliphatic carbocycles. The number of anilines is 1. The van der Waals surface area contributed by atoms with Gasteiger partial charge in [0.25, 0.3) is 0 Å². The van der Waals surface area contributed by atoms with E-state index in [1.165, 1.54) is 18.6 Å². The van der Waals surface area contributed by atoms with Gasteiger partial charge in [-0.3, -0.25) is 9.71 Å². The van der Waals surface area contributed by atoms with Crippen LogP contribution in [0.1, 0.15) is 18.4 Å². The van der Waals surface area contributed by atoms with Crippen molar-refractivity contribution in [3.63, 3.8) is 0 Å². The zero-order chi connectivity index (χ0) is 15.5. The average Bonchev–Trinajstić information content (AvgIpc) is 3.31. The first-order valence-corrected chi connectivity index (χ1v) is 8.50. The summed E-state index contributed by atoms with van der Waals surface area (Å²) in [7, 11) is -3.53. The van der Waals surface area contributed by atoms with Crippen molar-refractivity contribution >= 4 is 15.8 Å². The molecule has 0 amide bonds. The molecular formula is C15H17N3O3S. The van der Waals surface area contributed by atoms with Crippen LogP contribution in [0.4, 0.5) is 5.82 Å². The summed E-state index contributed by atoms with van der Waals surface area (Å²) in [4.78, 5) is 7.79. The highest BCUT2D eigenvalue weighted by atomic mass is 32.2. The first-order valence-electron chi connectivity index (χ1n) is 7.01. The molecule has 1 saturated carbocycles. The van der Waals surface area contributed by atoms with Crippen molar-refractivity contribution in [3.05, 3.63) is 54.5 Å². The van der Waals surface area contributed by atoms with Gasteiger partial charge in [-0.15, -0.1) is 0 Å². The molecule has 0 saturated heterocycles. The van der Waals surface area contributed by atoms with Gasteiger partial charge in [-0.2, -0.15) is 0 Å². The molecular weight excluding hydrogens is 302 g/mol. The number of sulfonamides is 1. The van der Waals surface area contributed by atoms with E-state index in [0.717, 1.165) is 5.56 Å². The Morgan fingerprint density at radius 1 is 1.18 bits per heavy atom. The van der Waals surface area contributed by atoms with Gasteiger partial charge in [-0.05, 0) is 18.4 Å². The maximum Gasteiger partial charge on any atom is 0.241 e. The second kappa shape index (κ2) is 6.02. The van der Waals surface area contributed by atoms with E-state index >= 15 is 0 Å². The molecule has 0 atom stereocenters. The van der Waals surface area contributed by atoms with E-state index in [2.05, 4.69) is 14.7 Å². The van der Waals surface area contributed by atoms with Crippen LogP contribution < -0.4 is 4.72 Å². The molecule has 1 aliphatic rings. The van der Waals surface area contributed by atoms with E-state index in [9.17, 15) is 8.42 Å². The summed E-state index contributed by atoms with van der Waals surface area (Å²) < 4.78 is 32.2. The predicted octanol–water partition coefficient (Wildman–Crippen LogP) is 1.97. The lowest BCUT2D eigenvalue weighted by atomic mass is 10.2. The number of ether oxygens (including phenoxy) is 1. The topological polar surface area (TPSA) is 81.2 Å². The van der Waals surface area contributed by atoms with Crippen LogP contribution in [0.25, 0.3) is 0 Å². The van der Waals surface area contributed by atoms with Gasteiger partial charge in [0.1, 0.15) is 4.75 Å². The molecule has 1 aromatic carbocycles. The van der Waals surface area contributed by atoms with Crippen LogP contribution in [-0.2, 0) is 21.4 Å². The van der Waals surface area contributed by atoms with Crippen molar-refractivity contribution in [1.82, 2.24) is 9.97 Å². The first kappa shape index (κ1) is 14.9. The first-order chi connectivity index (χ1) is 10.6. The van der Waals surface area contributed by atoms with Crippen molar-refractivity contribution in [3.8, 4) is 0 Å². The summed E-state index contributed by atoms with van der Waals surface area (Å²) in [5, 5.41) is 0. The van der Waals surface area contributed by atoms with E-state index in [4.69, 9.17) is 4.74 Å². The fraction of sp³-hybridized carbons (Fsp3) is 0.333. The molecule has 6 nitrogen and oxygen atoms in total. The molecule has 116 valence electrons. The molecule has 0 spiro atoms. The number of rotatable bonds is 7. The number of hydrogen-bond acceptors (Lipinski definition) is 5. The zero-order valence-corrected chi connectivity index (χ0v) is 12.8. The Balaban J connectivity index is 1.60. The molecule has 7 heteroatoms. The molecule has 0 unspecified atom stereocenters. The highest BCUT2D eigenvalue weighted by Crippen LogP contribution is 2.44. The predicted molar refractivity (Wildman–Crippen MR) is 82.6 cm³/mol. The van der Waals surface area contributed by atoms with Crippen LogP contribution in [-0.4, -0.2) is 29.7 Å². The lowest BCUT2D eigenvalue weighted by Gasteiger charge is -2.17. The van der Waals surface area contributed by atoms with Crippen LogP contribution in [0.15, 0.2) is 48.9 Å². The maximum atomic E-state index is 12.5. The van der Waals surface area contributed by atoms with Gasteiger partial charge >= 0.3 is 0 Å². The highest BCUT2D eigenvalue weighted by Gasteiger charge is 2.55. The third-order valence-corrected chi connectivity index (χ3v) is 5.80. The molecule has 1 aromatic heterocycles. The normalized spacial score (nSPS) is 16.2. The standard InChI is InChI=1S/C15H17N3O3S/c19-22(20,18-14-10-16-8-9-17-14)15(6-7-15)12-21-11-13-4-2-1-3-5-13/h1-5,8-10H,6-7,11-12H2,(H,17,18). The van der Waals surface area contributed by atoms with Crippen molar-refractivity contribution in [2.24, 2.45) is 0 Å². The molecule has 1 N–H and O–H groups in total. The fourth-order valence-electron chi connectivity index (χ4n) is 2.16. The largest absolute Gasteiger partial charge is 0.375 e. The second-order valence-electron chi connectivity index (χ2n) is 5.36. The van der Waals surface area contributed by atoms with Gasteiger partial charge in [0, 0.05) is 12.4 Å². The van der Waals surface area contributed by atoms with Gasteiger partial charge in [0.2, 0.25) is 10.0 Å². The van der Waals surface area contributed by atoms with Crippen molar-refractivity contribution in [2.75, 3.05) is 11.3 Å². The van der Waals surface area contributed by atoms with Gasteiger partial charge in [-0.25, -0.2) is 13.4 Å². The monoisotopic (exact) mass is 319 g/mol. The maximum absolute atomic E-state index is 12.5. The summed E-state index contributed by atoms with van der Waals surface area (Å²) in [6.07, 6.45) is 5.52. The Bertz CT molecular complexity index is 716. The summed E-state index contributed by atoms with van der Waals surface area (Å²) in [6.45, 7) is 0.584. The fourth-order valence-corrected chi connectivity index (χ4v) is 3.63. The Labute approximate surface area is 129 Å². The Morgan fingerprint density at radius 2 is 1.95 bits per heavy atom. The summed E-state index contributed by atoms with van der Waals surface area (Å²) in [6, 6.07) is 9.69. The van der Waals surface area contributed by atoms with E-state index in [-0.39, 0.29) is 12.4 Å². The van der Waals surface area contributed by atoms with E-state index < -0.39 is 14.8 Å². The quantitative estimate of drug-likeness (QED) is 0.844. The SMILES string of the molecule is O=S(=O)(Nc1cnccn1)C1(COCc2ccccc2)CC1. The lowest BCUT2D eigenvalue weighted by Crippen LogP contribution is -2.34. The lowest BCUT2D eigenvalue weighted by molar-refractivity contribution is 0.116. The van der Waals surface area contributed by atoms with Crippen molar-refractivity contribution < 1.29 is 13.2 Å². The summed E-state index contributed by atoms with van der Waals surface area (Å²) >= 11 is 0. The summed E-state index contributed by atoms with van der Waals surface area (Å²) in [5.74, 6) is 0.233. The molecule has 1 heterocycles. The van der Waals surface area contributed by atoms with Gasteiger partial charge in [0.15, 0.2) is 5.82 Å². The van der Waals surface area contributed by atoms with E-state index in [1.54, 1.807) is 0 Å². The number of nitrogens with zero attached hydrogens (tertiary/aromatic N) is 2. The van der Waals surface area contributed by atoms with Crippen molar-refractivity contribution in [2.45, 2.75) is 24.2 Å². The molecule has 0 bridgehead atoms. The molecule has 2 aromatic rings. The van der Waals surface area contributed by atoms with Crippen LogP contribution in [0, 0.1) is 0 Å². The van der Waals surface area contributed by atoms with E-state index in [0.29, 0.717) is 19.4 Å². The number of benzene rings is 1. The minimum absolute atomic E-state index is 0.178. The molecule has 0 radical (unpaired) electrons. The molecule has 3 rings (SSSR count). The Morgan fingerprint density at radius 3 is 2.59 bits per heavy atom. The third-order valence-electron chi connectivity index (χ3n) is 3.66. The van der Waals surface area contributed by atoms with Crippen LogP contribution in [0.3, 0.4) is 0 Å². The van der Waals surface area contributed by atoms with E-state index in [1.807, 2.05) is 30.3 Å². The van der Waals surface area contributed by atoms with Crippen LogP contribution >= 0.6 is 0 Å². The molecule has 0 aliphatic heterocycles. The minimum Gasteiger partial charge on any atom is -0.375 e. The minimum atomic E-state index is -3.53. The third kappa shape index (κ3) is 3.26. The van der Waals surface area contributed by atoms with Crippen molar-refractivity contribution in [1.29, 1.82) is 0 Å². The average molecular weight is 319 g/mol. The Kier molecular flexibility index (Phi) is 4.08. The second-order valence-corrected chi connectivity index (χ2v) is 7.43. The number of hydrogen-bond donors (Lipinski definition) is 1. The molecule has 1 fully saturated rings. The van der Waals surface area contributed by atoms with Crippen LogP contribution in [0.2, 0.25) is 0 Å². The van der Waals surface area contributed by atoms with Gasteiger partial charge in [-0.1, -0.05) is 30.3 Å². The Hall–Kier alpha value is -1.99. The van der Waals surface area contributed by atoms with Gasteiger partial charge < -0.3 is 4.74 Å². The number of nitrogens with one attached hydrogen (secondary N) is 1. The zero-order valence-electron chi connectivity index (χ0n) is 12.0. The highest BCUT2D eigenvalue weighted by molar-refractivity contribution is 7.94. The van der Waals surface area contributed by atoms with Crippen LogP contribution in [0.5, 0.6) is 0 Å². The smallest absolute Gasteiger partial charge is 0.241 e. The molecule has 22 heavy (non-hydrogen) atoms.